The zero-order valence-corrected chi connectivity index (χ0v) is 17.4. The van der Waals surface area contributed by atoms with E-state index in [0.29, 0.717) is 18.2 Å². The van der Waals surface area contributed by atoms with E-state index in [-0.39, 0.29) is 6.04 Å². The lowest BCUT2D eigenvalue weighted by Crippen LogP contribution is -2.29. The zero-order valence-electron chi connectivity index (χ0n) is 16.5. The number of hydrogen-bond acceptors (Lipinski definition) is 2. The molecule has 3 aromatic carbocycles. The Labute approximate surface area is 174 Å². The summed E-state index contributed by atoms with van der Waals surface area (Å²) >= 11 is 0. The first-order valence-electron chi connectivity index (χ1n) is 10.5. The van der Waals surface area contributed by atoms with Crippen molar-refractivity contribution in [2.45, 2.75) is 31.0 Å². The average molecular weight is 399 g/mol. The Kier molecular flexibility index (Phi) is 5.45. The fourth-order valence-electron chi connectivity index (χ4n) is 4.69. The monoisotopic (exact) mass is 399 g/mol. The van der Waals surface area contributed by atoms with E-state index in [0.717, 1.165) is 5.90 Å². The van der Waals surface area contributed by atoms with Crippen LogP contribution in [0, 0.1) is 5.92 Å². The van der Waals surface area contributed by atoms with Crippen molar-refractivity contribution in [3.05, 3.63) is 96.6 Å². The maximum Gasteiger partial charge on any atom is 0.187 e. The topological polar surface area (TPSA) is 21.6 Å². The highest BCUT2D eigenvalue weighted by Gasteiger charge is 2.40. The normalized spacial score (nSPS) is 23.8. The molecule has 0 spiro atoms. The lowest BCUT2D eigenvalue weighted by molar-refractivity contribution is 0.299. The minimum Gasteiger partial charge on any atom is -0.478 e. The molecule has 0 saturated heterocycles. The smallest absolute Gasteiger partial charge is 0.187 e. The highest BCUT2D eigenvalue weighted by atomic mass is 31.1. The second-order valence-electron chi connectivity index (χ2n) is 7.85. The Hall–Kier alpha value is -2.44. The summed E-state index contributed by atoms with van der Waals surface area (Å²) in [6.07, 6.45) is 3.69. The third-order valence-corrected chi connectivity index (χ3v) is 9.04. The van der Waals surface area contributed by atoms with Gasteiger partial charge < -0.3 is 4.74 Å². The summed E-state index contributed by atoms with van der Waals surface area (Å²) in [5.74, 6) is 1.43. The Morgan fingerprint density at radius 1 is 0.724 bits per heavy atom. The van der Waals surface area contributed by atoms with Gasteiger partial charge in [-0.05, 0) is 42.6 Å². The largest absolute Gasteiger partial charge is 0.478 e. The Bertz CT molecular complexity index is 918. The molecule has 0 bridgehead atoms. The lowest BCUT2D eigenvalue weighted by Gasteiger charge is -2.29. The molecule has 1 heterocycles. The Balaban J connectivity index is 1.47. The standard InChI is InChI=1S/C26H26NOP/c1-4-11-20(12-5-1)24-19-28-26(27-24)23-17-10-18-25(23)29(21-13-6-2-7-14-21)22-15-8-3-9-16-22/h1-9,11-16,23-25H,10,17-19H2. The summed E-state index contributed by atoms with van der Waals surface area (Å²) in [5.41, 5.74) is 1.84. The van der Waals surface area contributed by atoms with E-state index >= 15 is 0 Å². The van der Waals surface area contributed by atoms with Crippen LogP contribution < -0.4 is 10.6 Å². The molecular formula is C26H26NOP. The molecule has 3 atom stereocenters. The quantitative estimate of drug-likeness (QED) is 0.522. The van der Waals surface area contributed by atoms with Crippen LogP contribution >= 0.6 is 7.92 Å². The van der Waals surface area contributed by atoms with E-state index < -0.39 is 7.92 Å². The molecule has 146 valence electrons. The van der Waals surface area contributed by atoms with Gasteiger partial charge in [-0.2, -0.15) is 0 Å². The minimum atomic E-state index is -0.437. The van der Waals surface area contributed by atoms with Gasteiger partial charge in [0.05, 0.1) is 0 Å². The van der Waals surface area contributed by atoms with E-state index in [4.69, 9.17) is 9.73 Å². The van der Waals surface area contributed by atoms with Gasteiger partial charge in [0.2, 0.25) is 0 Å². The molecule has 1 aliphatic carbocycles. The predicted molar refractivity (Wildman–Crippen MR) is 123 cm³/mol. The predicted octanol–water partition coefficient (Wildman–Crippen LogP) is 5.46. The summed E-state index contributed by atoms with van der Waals surface area (Å²) in [5, 5.41) is 2.92. The molecule has 0 radical (unpaired) electrons. The third-order valence-electron chi connectivity index (χ3n) is 6.05. The van der Waals surface area contributed by atoms with E-state index in [9.17, 15) is 0 Å². The third kappa shape index (κ3) is 3.87. The zero-order chi connectivity index (χ0) is 19.5. The van der Waals surface area contributed by atoms with Gasteiger partial charge in [-0.25, -0.2) is 4.99 Å². The van der Waals surface area contributed by atoms with E-state index in [2.05, 4.69) is 91.0 Å². The molecule has 1 saturated carbocycles. The van der Waals surface area contributed by atoms with Crippen molar-refractivity contribution in [2.24, 2.45) is 10.9 Å². The van der Waals surface area contributed by atoms with Gasteiger partial charge in [-0.15, -0.1) is 0 Å². The van der Waals surface area contributed by atoms with Crippen molar-refractivity contribution >= 4 is 24.4 Å². The first-order chi connectivity index (χ1) is 14.4. The Morgan fingerprint density at radius 2 is 1.31 bits per heavy atom. The van der Waals surface area contributed by atoms with Crippen LogP contribution in [0.15, 0.2) is 96.0 Å². The summed E-state index contributed by atoms with van der Waals surface area (Å²) in [7, 11) is -0.437. The van der Waals surface area contributed by atoms with Gasteiger partial charge in [0.25, 0.3) is 0 Å². The van der Waals surface area contributed by atoms with Crippen LogP contribution in [0.2, 0.25) is 0 Å². The van der Waals surface area contributed by atoms with Gasteiger partial charge in [-0.1, -0.05) is 97.4 Å². The molecule has 0 amide bonds. The first kappa shape index (κ1) is 18.6. The molecule has 2 nitrogen and oxygen atoms in total. The van der Waals surface area contributed by atoms with Gasteiger partial charge in [0, 0.05) is 5.92 Å². The fraction of sp³-hybridized carbons (Fsp3) is 0.269. The van der Waals surface area contributed by atoms with Crippen LogP contribution in [0.1, 0.15) is 30.9 Å². The Morgan fingerprint density at radius 3 is 1.93 bits per heavy atom. The number of benzene rings is 3. The molecule has 0 N–H and O–H groups in total. The van der Waals surface area contributed by atoms with E-state index in [1.807, 2.05) is 0 Å². The maximum atomic E-state index is 6.22. The summed E-state index contributed by atoms with van der Waals surface area (Å²) < 4.78 is 6.22. The van der Waals surface area contributed by atoms with Crippen molar-refractivity contribution in [3.8, 4) is 0 Å². The van der Waals surface area contributed by atoms with Gasteiger partial charge in [-0.3, -0.25) is 0 Å². The highest BCUT2D eigenvalue weighted by molar-refractivity contribution is 7.73. The van der Waals surface area contributed by atoms with Crippen molar-refractivity contribution in [1.82, 2.24) is 0 Å². The van der Waals surface area contributed by atoms with Gasteiger partial charge in [0.1, 0.15) is 12.6 Å². The van der Waals surface area contributed by atoms with Gasteiger partial charge in [0.15, 0.2) is 5.90 Å². The van der Waals surface area contributed by atoms with Crippen molar-refractivity contribution in [3.63, 3.8) is 0 Å². The lowest BCUT2D eigenvalue weighted by atomic mass is 10.1. The summed E-state index contributed by atoms with van der Waals surface area (Å²) in [6.45, 7) is 0.678. The SMILES string of the molecule is c1ccc(C2COC(C3CCCC3P(c3ccccc3)c3ccccc3)=N2)cc1. The second-order valence-corrected chi connectivity index (χ2v) is 10.3. The molecule has 0 aromatic heterocycles. The molecule has 2 aliphatic rings. The highest BCUT2D eigenvalue weighted by Crippen LogP contribution is 2.51. The molecule has 5 rings (SSSR count). The van der Waals surface area contributed by atoms with Crippen LogP contribution in [0.25, 0.3) is 0 Å². The van der Waals surface area contributed by atoms with Crippen molar-refractivity contribution < 1.29 is 4.74 Å². The molecular weight excluding hydrogens is 373 g/mol. The molecule has 29 heavy (non-hydrogen) atoms. The average Bonchev–Trinajstić information content (AvgIpc) is 3.46. The molecule has 1 aliphatic heterocycles. The van der Waals surface area contributed by atoms with Crippen LogP contribution in [-0.4, -0.2) is 18.2 Å². The van der Waals surface area contributed by atoms with Crippen molar-refractivity contribution in [2.75, 3.05) is 6.61 Å². The number of rotatable bonds is 5. The van der Waals surface area contributed by atoms with Crippen LogP contribution in [0.3, 0.4) is 0 Å². The minimum absolute atomic E-state index is 0.145. The molecule has 3 aromatic rings. The van der Waals surface area contributed by atoms with E-state index in [1.54, 1.807) is 0 Å². The number of ether oxygens (including phenoxy) is 1. The first-order valence-corrected chi connectivity index (χ1v) is 12.0. The van der Waals surface area contributed by atoms with Crippen LogP contribution in [-0.2, 0) is 4.74 Å². The van der Waals surface area contributed by atoms with E-state index in [1.165, 1.54) is 35.4 Å². The van der Waals surface area contributed by atoms with Gasteiger partial charge >= 0.3 is 0 Å². The number of nitrogens with zero attached hydrogens (tertiary/aromatic N) is 1. The number of aliphatic imine (C=N–C) groups is 1. The summed E-state index contributed by atoms with van der Waals surface area (Å²) in [6, 6.07) is 32.8. The molecule has 3 unspecified atom stereocenters. The number of hydrogen-bond donors (Lipinski definition) is 0. The fourth-order valence-corrected chi connectivity index (χ4v) is 7.82. The summed E-state index contributed by atoms with van der Waals surface area (Å²) in [4.78, 5) is 5.07. The molecule has 3 heteroatoms. The second kappa shape index (κ2) is 8.51. The van der Waals surface area contributed by atoms with Crippen molar-refractivity contribution in [1.29, 1.82) is 0 Å². The molecule has 1 fully saturated rings. The van der Waals surface area contributed by atoms with Crippen LogP contribution in [0.5, 0.6) is 0 Å². The maximum absolute atomic E-state index is 6.22. The van der Waals surface area contributed by atoms with Crippen LogP contribution in [0.4, 0.5) is 0 Å².